The lowest BCUT2D eigenvalue weighted by molar-refractivity contribution is -0.121. The van der Waals surface area contributed by atoms with Gasteiger partial charge < -0.3 is 5.32 Å². The highest BCUT2D eigenvalue weighted by molar-refractivity contribution is 9.10. The van der Waals surface area contributed by atoms with Gasteiger partial charge in [0.25, 0.3) is 0 Å². The molecule has 0 aliphatic carbocycles. The van der Waals surface area contributed by atoms with Crippen LogP contribution in [0.25, 0.3) is 0 Å². The topological polar surface area (TPSA) is 75.3 Å². The molecule has 0 aliphatic heterocycles. The Hall–Kier alpha value is -1.41. The zero-order valence-corrected chi connectivity index (χ0v) is 15.8. The number of halogens is 2. The van der Waals surface area contributed by atoms with Crippen LogP contribution in [0.1, 0.15) is 12.0 Å². The van der Waals surface area contributed by atoms with Crippen molar-refractivity contribution in [2.75, 3.05) is 6.54 Å². The van der Waals surface area contributed by atoms with Gasteiger partial charge in [-0.3, -0.25) is 4.79 Å². The molecule has 2 aromatic rings. The monoisotopic (exact) mass is 430 g/mol. The lowest BCUT2D eigenvalue weighted by Crippen LogP contribution is -2.30. The smallest absolute Gasteiger partial charge is 0.240 e. The predicted octanol–water partition coefficient (Wildman–Crippen LogP) is 3.09. The summed E-state index contributed by atoms with van der Waals surface area (Å²) in [6.07, 6.45) is 0.0419. The molecule has 24 heavy (non-hydrogen) atoms. The summed E-state index contributed by atoms with van der Waals surface area (Å²) in [5, 5.41) is 3.29. The van der Waals surface area contributed by atoms with Crippen molar-refractivity contribution < 1.29 is 13.2 Å². The Kier molecular flexibility index (Phi) is 6.79. The molecule has 1 amide bonds. The Labute approximate surface area is 154 Å². The molecular weight excluding hydrogens is 416 g/mol. The highest BCUT2D eigenvalue weighted by Gasteiger charge is 2.14. The zero-order valence-electron chi connectivity index (χ0n) is 12.6. The van der Waals surface area contributed by atoms with Gasteiger partial charge in [-0.2, -0.15) is 0 Å². The highest BCUT2D eigenvalue weighted by Crippen LogP contribution is 2.15. The number of carbonyl (C=O) groups is 1. The molecule has 8 heteroatoms. The second-order valence-electron chi connectivity index (χ2n) is 4.97. The van der Waals surface area contributed by atoms with Crippen molar-refractivity contribution in [1.82, 2.24) is 10.0 Å². The minimum Gasteiger partial charge on any atom is -0.352 e. The van der Waals surface area contributed by atoms with E-state index >= 15 is 0 Å². The fourth-order valence-corrected chi connectivity index (χ4v) is 3.42. The quantitative estimate of drug-likeness (QED) is 0.707. The third kappa shape index (κ3) is 5.59. The van der Waals surface area contributed by atoms with Crippen LogP contribution >= 0.6 is 27.5 Å². The lowest BCUT2D eigenvalue weighted by atomic mass is 10.2. The van der Waals surface area contributed by atoms with E-state index in [1.54, 1.807) is 18.2 Å². The standard InChI is InChI=1S/C16H16BrClN2O3S/c17-13-5-7-14(8-6-13)24(22,23)20-10-9-16(21)19-11-12-3-1-2-4-15(12)18/h1-8,20H,9-11H2,(H,19,21). The normalized spacial score (nSPS) is 11.2. The molecule has 0 bridgehead atoms. The molecule has 0 radical (unpaired) electrons. The van der Waals surface area contributed by atoms with Crippen LogP contribution in [-0.2, 0) is 21.4 Å². The van der Waals surface area contributed by atoms with E-state index in [0.29, 0.717) is 11.6 Å². The molecule has 0 unspecified atom stereocenters. The molecule has 128 valence electrons. The van der Waals surface area contributed by atoms with Gasteiger partial charge in [-0.15, -0.1) is 0 Å². The van der Waals surface area contributed by atoms with E-state index in [2.05, 4.69) is 26.0 Å². The average molecular weight is 432 g/mol. The number of amides is 1. The summed E-state index contributed by atoms with van der Waals surface area (Å²) in [6, 6.07) is 13.5. The molecule has 0 spiro atoms. The summed E-state index contributed by atoms with van der Waals surface area (Å²) >= 11 is 9.25. The molecule has 0 atom stereocenters. The van der Waals surface area contributed by atoms with E-state index in [0.717, 1.165) is 10.0 Å². The predicted molar refractivity (Wildman–Crippen MR) is 97.2 cm³/mol. The van der Waals surface area contributed by atoms with E-state index in [9.17, 15) is 13.2 Å². The maximum absolute atomic E-state index is 12.1. The molecule has 0 fully saturated rings. The van der Waals surface area contributed by atoms with Gasteiger partial charge in [0.1, 0.15) is 0 Å². The third-order valence-electron chi connectivity index (χ3n) is 3.20. The first-order chi connectivity index (χ1) is 11.4. The molecule has 2 aromatic carbocycles. The molecule has 2 rings (SSSR count). The van der Waals surface area contributed by atoms with Gasteiger partial charge in [-0.1, -0.05) is 45.7 Å². The van der Waals surface area contributed by atoms with Crippen molar-refractivity contribution in [3.63, 3.8) is 0 Å². The van der Waals surface area contributed by atoms with Crippen LogP contribution in [0.5, 0.6) is 0 Å². The first-order valence-electron chi connectivity index (χ1n) is 7.14. The largest absolute Gasteiger partial charge is 0.352 e. The Morgan fingerprint density at radius 3 is 2.42 bits per heavy atom. The summed E-state index contributed by atoms with van der Waals surface area (Å²) in [4.78, 5) is 12.0. The highest BCUT2D eigenvalue weighted by atomic mass is 79.9. The fraction of sp³-hybridized carbons (Fsp3) is 0.188. The number of sulfonamides is 1. The Bertz CT molecular complexity index is 810. The molecule has 2 N–H and O–H groups in total. The van der Waals surface area contributed by atoms with E-state index in [4.69, 9.17) is 11.6 Å². The SMILES string of the molecule is O=C(CCNS(=O)(=O)c1ccc(Br)cc1)NCc1ccccc1Cl. The van der Waals surface area contributed by atoms with E-state index in [1.807, 2.05) is 18.2 Å². The number of nitrogens with one attached hydrogen (secondary N) is 2. The molecule has 0 saturated heterocycles. The van der Waals surface area contributed by atoms with Gasteiger partial charge in [0.05, 0.1) is 4.90 Å². The molecule has 0 aliphatic rings. The van der Waals surface area contributed by atoms with Crippen molar-refractivity contribution in [3.8, 4) is 0 Å². The summed E-state index contributed by atoms with van der Waals surface area (Å²) in [5.41, 5.74) is 0.808. The van der Waals surface area contributed by atoms with Crippen molar-refractivity contribution in [2.24, 2.45) is 0 Å². The van der Waals surface area contributed by atoms with E-state index < -0.39 is 10.0 Å². The number of hydrogen-bond donors (Lipinski definition) is 2. The van der Waals surface area contributed by atoms with Gasteiger partial charge in [-0.05, 0) is 35.9 Å². The van der Waals surface area contributed by atoms with E-state index in [-0.39, 0.29) is 23.8 Å². The Balaban J connectivity index is 1.80. The molecule has 0 heterocycles. The molecule has 5 nitrogen and oxygen atoms in total. The maximum Gasteiger partial charge on any atom is 0.240 e. The Morgan fingerprint density at radius 2 is 1.75 bits per heavy atom. The van der Waals surface area contributed by atoms with Crippen molar-refractivity contribution in [1.29, 1.82) is 0 Å². The zero-order chi connectivity index (χ0) is 17.6. The second-order valence-corrected chi connectivity index (χ2v) is 8.06. The van der Waals surface area contributed by atoms with Crippen molar-refractivity contribution in [2.45, 2.75) is 17.9 Å². The summed E-state index contributed by atoms with van der Waals surface area (Å²) < 4.78 is 27.3. The van der Waals surface area contributed by atoms with Crippen molar-refractivity contribution in [3.05, 3.63) is 63.6 Å². The summed E-state index contributed by atoms with van der Waals surface area (Å²) in [7, 11) is -3.62. The lowest BCUT2D eigenvalue weighted by Gasteiger charge is -2.08. The minimum absolute atomic E-state index is 0.0206. The minimum atomic E-state index is -3.62. The van der Waals surface area contributed by atoms with Crippen LogP contribution in [0.3, 0.4) is 0 Å². The van der Waals surface area contributed by atoms with Gasteiger partial charge in [0, 0.05) is 29.0 Å². The maximum atomic E-state index is 12.1. The van der Waals surface area contributed by atoms with Crippen LogP contribution in [0.2, 0.25) is 5.02 Å². The molecule has 0 aromatic heterocycles. The van der Waals surface area contributed by atoms with Crippen LogP contribution < -0.4 is 10.0 Å². The average Bonchev–Trinajstić information content (AvgIpc) is 2.54. The molecular formula is C16H16BrClN2O3S. The van der Waals surface area contributed by atoms with Gasteiger partial charge in [-0.25, -0.2) is 13.1 Å². The van der Waals surface area contributed by atoms with Crippen LogP contribution in [-0.4, -0.2) is 20.9 Å². The summed E-state index contributed by atoms with van der Waals surface area (Å²) in [5.74, 6) is -0.256. The van der Waals surface area contributed by atoms with Gasteiger partial charge in [0.2, 0.25) is 15.9 Å². The van der Waals surface area contributed by atoms with E-state index in [1.165, 1.54) is 12.1 Å². The van der Waals surface area contributed by atoms with Crippen LogP contribution in [0, 0.1) is 0 Å². The second kappa shape index (κ2) is 8.62. The number of benzene rings is 2. The van der Waals surface area contributed by atoms with Gasteiger partial charge >= 0.3 is 0 Å². The third-order valence-corrected chi connectivity index (χ3v) is 5.58. The first-order valence-corrected chi connectivity index (χ1v) is 9.79. The van der Waals surface area contributed by atoms with Gasteiger partial charge in [0.15, 0.2) is 0 Å². The van der Waals surface area contributed by atoms with Crippen LogP contribution in [0.4, 0.5) is 0 Å². The fourth-order valence-electron chi connectivity index (χ4n) is 1.92. The van der Waals surface area contributed by atoms with Crippen molar-refractivity contribution >= 4 is 43.5 Å². The summed E-state index contributed by atoms with van der Waals surface area (Å²) in [6.45, 7) is 0.324. The number of hydrogen-bond acceptors (Lipinski definition) is 3. The first kappa shape index (κ1) is 18.9. The van der Waals surface area contributed by atoms with Crippen LogP contribution in [0.15, 0.2) is 57.9 Å². The number of rotatable bonds is 7. The number of carbonyl (C=O) groups excluding carboxylic acids is 1. The molecule has 0 saturated carbocycles. The Morgan fingerprint density at radius 1 is 1.08 bits per heavy atom.